The SMILES string of the molecule is CNc1ccc([C@H]2C[C@@]3(C)[C@@H](CC[C@]3(OC(C)=O)C(C)=O)[C@@H]3CCC4=CC(=O)CCC4=C32)cc1. The summed E-state index contributed by atoms with van der Waals surface area (Å²) in [5, 5.41) is 3.20. The Labute approximate surface area is 202 Å². The number of benzene rings is 1. The summed E-state index contributed by atoms with van der Waals surface area (Å²) in [4.78, 5) is 37.6. The van der Waals surface area contributed by atoms with Crippen LogP contribution in [-0.4, -0.2) is 30.2 Å². The second kappa shape index (κ2) is 8.21. The van der Waals surface area contributed by atoms with E-state index in [-0.39, 0.29) is 29.4 Å². The molecule has 5 heteroatoms. The average Bonchev–Trinajstić information content (AvgIpc) is 3.10. The van der Waals surface area contributed by atoms with Gasteiger partial charge >= 0.3 is 5.97 Å². The Hall–Kier alpha value is -2.69. The van der Waals surface area contributed by atoms with Gasteiger partial charge in [-0.25, -0.2) is 0 Å². The maximum Gasteiger partial charge on any atom is 0.303 e. The Kier molecular flexibility index (Phi) is 5.57. The first-order valence-corrected chi connectivity index (χ1v) is 12.6. The standard InChI is InChI=1S/C29H35NO4/c1-17(31)29(34-18(2)32)14-13-26-24-11-7-20-15-22(33)10-12-23(20)27(24)25(16-28(26,29)3)19-5-8-21(30-4)9-6-19/h5-6,8-9,15,24-26,30H,7,10-14,16H2,1-4H3/t24-,25+,26-,28-,29-/m0/s1. The molecule has 0 bridgehead atoms. The van der Waals surface area contributed by atoms with Gasteiger partial charge in [-0.15, -0.1) is 0 Å². The molecule has 180 valence electrons. The minimum absolute atomic E-state index is 0.0345. The summed E-state index contributed by atoms with van der Waals surface area (Å²) < 4.78 is 5.98. The molecule has 2 saturated carbocycles. The summed E-state index contributed by atoms with van der Waals surface area (Å²) >= 11 is 0. The predicted octanol–water partition coefficient (Wildman–Crippen LogP) is 5.52. The molecular weight excluding hydrogens is 426 g/mol. The van der Waals surface area contributed by atoms with Gasteiger partial charge in [-0.3, -0.25) is 14.4 Å². The highest BCUT2D eigenvalue weighted by atomic mass is 16.6. The van der Waals surface area contributed by atoms with Gasteiger partial charge in [-0.05, 0) is 92.2 Å². The van der Waals surface area contributed by atoms with E-state index in [0.717, 1.165) is 37.8 Å². The summed E-state index contributed by atoms with van der Waals surface area (Å²) in [6.07, 6.45) is 7.40. The molecular formula is C29H35NO4. The van der Waals surface area contributed by atoms with Crippen LogP contribution < -0.4 is 5.32 Å². The normalized spacial score (nSPS) is 34.5. The lowest BCUT2D eigenvalue weighted by Crippen LogP contribution is -2.57. The van der Waals surface area contributed by atoms with Crippen molar-refractivity contribution in [2.45, 2.75) is 77.2 Å². The molecule has 5 atom stereocenters. The van der Waals surface area contributed by atoms with Crippen LogP contribution in [-0.2, 0) is 19.1 Å². The highest BCUT2D eigenvalue weighted by Gasteiger charge is 2.67. The lowest BCUT2D eigenvalue weighted by atomic mass is 9.50. The minimum atomic E-state index is -1.07. The van der Waals surface area contributed by atoms with Crippen LogP contribution in [0.15, 0.2) is 47.1 Å². The maximum absolute atomic E-state index is 13.2. The molecule has 0 spiro atoms. The molecule has 2 fully saturated rings. The zero-order valence-electron chi connectivity index (χ0n) is 20.7. The molecule has 0 radical (unpaired) electrons. The summed E-state index contributed by atoms with van der Waals surface area (Å²) in [6, 6.07) is 8.58. The van der Waals surface area contributed by atoms with Crippen LogP contribution in [0, 0.1) is 17.3 Å². The average molecular weight is 462 g/mol. The third-order valence-corrected chi connectivity index (χ3v) is 9.34. The minimum Gasteiger partial charge on any atom is -0.451 e. The Morgan fingerprint density at radius 1 is 1.06 bits per heavy atom. The number of allylic oxidation sites excluding steroid dienone is 4. The number of hydrogen-bond donors (Lipinski definition) is 1. The van der Waals surface area contributed by atoms with Crippen molar-refractivity contribution in [3.8, 4) is 0 Å². The lowest BCUT2D eigenvalue weighted by Gasteiger charge is -2.55. The van der Waals surface area contributed by atoms with Crippen molar-refractivity contribution in [1.29, 1.82) is 0 Å². The van der Waals surface area contributed by atoms with E-state index in [4.69, 9.17) is 4.74 Å². The van der Waals surface area contributed by atoms with Crippen LogP contribution in [0.25, 0.3) is 0 Å². The van der Waals surface area contributed by atoms with Crippen LogP contribution in [0.4, 0.5) is 5.69 Å². The first-order valence-electron chi connectivity index (χ1n) is 12.6. The van der Waals surface area contributed by atoms with Gasteiger partial charge in [0, 0.05) is 37.4 Å². The van der Waals surface area contributed by atoms with Crippen molar-refractivity contribution in [3.63, 3.8) is 0 Å². The molecule has 0 heterocycles. The predicted molar refractivity (Wildman–Crippen MR) is 131 cm³/mol. The number of Topliss-reactive ketones (excluding diaryl/α,β-unsaturated/α-hetero) is 1. The first-order chi connectivity index (χ1) is 16.2. The molecule has 1 N–H and O–H groups in total. The third-order valence-electron chi connectivity index (χ3n) is 9.34. The molecule has 0 saturated heterocycles. The summed E-state index contributed by atoms with van der Waals surface area (Å²) in [5.41, 5.74) is 4.87. The number of ether oxygens (including phenoxy) is 1. The van der Waals surface area contributed by atoms with Gasteiger partial charge in [0.2, 0.25) is 0 Å². The molecule has 34 heavy (non-hydrogen) atoms. The number of hydrogen-bond acceptors (Lipinski definition) is 5. The highest BCUT2D eigenvalue weighted by Crippen LogP contribution is 2.67. The zero-order valence-corrected chi connectivity index (χ0v) is 20.7. The number of esters is 1. The molecule has 4 aliphatic carbocycles. The Morgan fingerprint density at radius 2 is 1.79 bits per heavy atom. The van der Waals surface area contributed by atoms with Crippen molar-refractivity contribution in [3.05, 3.63) is 52.6 Å². The molecule has 0 aromatic heterocycles. The van der Waals surface area contributed by atoms with E-state index in [1.807, 2.05) is 13.1 Å². The largest absolute Gasteiger partial charge is 0.451 e. The van der Waals surface area contributed by atoms with Crippen molar-refractivity contribution < 1.29 is 19.1 Å². The monoisotopic (exact) mass is 461 g/mol. The summed E-state index contributed by atoms with van der Waals surface area (Å²) in [5.74, 6) is 0.579. The summed E-state index contributed by atoms with van der Waals surface area (Å²) in [6.45, 7) is 5.21. The van der Waals surface area contributed by atoms with Crippen LogP contribution in [0.1, 0.15) is 77.2 Å². The van der Waals surface area contributed by atoms with E-state index < -0.39 is 11.0 Å². The fraction of sp³-hybridized carbons (Fsp3) is 0.552. The van der Waals surface area contributed by atoms with Gasteiger partial charge in [0.05, 0.1) is 0 Å². The first kappa shape index (κ1) is 23.1. The fourth-order valence-electron chi connectivity index (χ4n) is 7.89. The molecule has 1 aromatic carbocycles. The number of nitrogens with one attached hydrogen (secondary N) is 1. The molecule has 1 aromatic rings. The van der Waals surface area contributed by atoms with E-state index in [2.05, 4.69) is 36.5 Å². The van der Waals surface area contributed by atoms with Crippen molar-refractivity contribution in [1.82, 2.24) is 0 Å². The van der Waals surface area contributed by atoms with Crippen molar-refractivity contribution in [2.75, 3.05) is 12.4 Å². The van der Waals surface area contributed by atoms with Crippen LogP contribution >= 0.6 is 0 Å². The Bertz CT molecular complexity index is 1110. The third kappa shape index (κ3) is 3.30. The smallest absolute Gasteiger partial charge is 0.303 e. The van der Waals surface area contributed by atoms with E-state index in [0.29, 0.717) is 18.8 Å². The maximum atomic E-state index is 13.2. The van der Waals surface area contributed by atoms with Crippen LogP contribution in [0.3, 0.4) is 0 Å². The van der Waals surface area contributed by atoms with Crippen molar-refractivity contribution >= 4 is 23.2 Å². The summed E-state index contributed by atoms with van der Waals surface area (Å²) in [7, 11) is 1.91. The quantitative estimate of drug-likeness (QED) is 0.598. The lowest BCUT2D eigenvalue weighted by molar-refractivity contribution is -0.182. The molecule has 5 rings (SSSR count). The van der Waals surface area contributed by atoms with Crippen molar-refractivity contribution in [2.24, 2.45) is 17.3 Å². The Morgan fingerprint density at radius 3 is 2.44 bits per heavy atom. The van der Waals surface area contributed by atoms with Gasteiger partial charge in [0.25, 0.3) is 0 Å². The topological polar surface area (TPSA) is 72.5 Å². The van der Waals surface area contributed by atoms with Crippen LogP contribution in [0.5, 0.6) is 0 Å². The zero-order chi connectivity index (χ0) is 24.3. The molecule has 0 amide bonds. The molecule has 0 unspecified atom stereocenters. The van der Waals surface area contributed by atoms with E-state index in [9.17, 15) is 14.4 Å². The number of carbonyl (C=O) groups excluding carboxylic acids is 3. The number of fused-ring (bicyclic) bond motifs is 4. The second-order valence-corrected chi connectivity index (χ2v) is 10.9. The van der Waals surface area contributed by atoms with Gasteiger partial charge in [-0.1, -0.05) is 24.6 Å². The number of carbonyl (C=O) groups is 3. The van der Waals surface area contributed by atoms with E-state index in [1.165, 1.54) is 29.2 Å². The molecule has 5 nitrogen and oxygen atoms in total. The van der Waals surface area contributed by atoms with Gasteiger partial charge in [0.1, 0.15) is 0 Å². The molecule has 4 aliphatic rings. The fourth-order valence-corrected chi connectivity index (χ4v) is 7.89. The van der Waals surface area contributed by atoms with Gasteiger partial charge in [0.15, 0.2) is 17.2 Å². The van der Waals surface area contributed by atoms with E-state index >= 15 is 0 Å². The van der Waals surface area contributed by atoms with Gasteiger partial charge in [-0.2, -0.15) is 0 Å². The number of anilines is 1. The number of rotatable bonds is 4. The highest BCUT2D eigenvalue weighted by molar-refractivity contribution is 5.93. The van der Waals surface area contributed by atoms with Gasteiger partial charge < -0.3 is 10.1 Å². The van der Waals surface area contributed by atoms with Crippen LogP contribution in [0.2, 0.25) is 0 Å². The Balaban J connectivity index is 1.69. The number of ketones is 2. The molecule has 0 aliphatic heterocycles. The second-order valence-electron chi connectivity index (χ2n) is 10.9. The van der Waals surface area contributed by atoms with E-state index in [1.54, 1.807) is 6.92 Å².